The number of aryl methyl sites for hydroxylation is 1. The number of halogens is 4. The van der Waals surface area contributed by atoms with Gasteiger partial charge in [0.2, 0.25) is 5.95 Å². The van der Waals surface area contributed by atoms with Crippen LogP contribution in [0, 0.1) is 11.8 Å². The predicted octanol–water partition coefficient (Wildman–Crippen LogP) is 5.99. The topological polar surface area (TPSA) is 58.9 Å². The Morgan fingerprint density at radius 1 is 0.972 bits per heavy atom. The first-order chi connectivity index (χ1) is 17.3. The van der Waals surface area contributed by atoms with E-state index in [2.05, 4.69) is 27.3 Å². The van der Waals surface area contributed by atoms with Crippen LogP contribution in [0.25, 0.3) is 0 Å². The molecule has 1 saturated carbocycles. The summed E-state index contributed by atoms with van der Waals surface area (Å²) in [4.78, 5) is 10.5. The lowest BCUT2D eigenvalue weighted by atomic mass is 9.92. The minimum absolute atomic E-state index is 0.181. The normalized spacial score (nSPS) is 25.9. The van der Waals surface area contributed by atoms with Crippen LogP contribution in [-0.2, 0) is 12.7 Å². The molecule has 0 spiro atoms. The second-order valence-electron chi connectivity index (χ2n) is 10.2. The van der Waals surface area contributed by atoms with Crippen molar-refractivity contribution in [3.63, 3.8) is 0 Å². The number of anilines is 2. The maximum atomic E-state index is 13.2. The van der Waals surface area contributed by atoms with Crippen LogP contribution >= 0.6 is 11.6 Å². The summed E-state index contributed by atoms with van der Waals surface area (Å²) in [5, 5.41) is 9.18. The van der Waals surface area contributed by atoms with Gasteiger partial charge in [0.1, 0.15) is 11.5 Å². The number of aromatic nitrogens is 4. The first-order valence-corrected chi connectivity index (χ1v) is 13.0. The fourth-order valence-corrected chi connectivity index (χ4v) is 6.30. The largest absolute Gasteiger partial charge is 0.433 e. The van der Waals surface area contributed by atoms with Crippen molar-refractivity contribution >= 4 is 23.2 Å². The highest BCUT2D eigenvalue weighted by Gasteiger charge is 2.43. The quantitative estimate of drug-likeness (QED) is 0.461. The number of benzene rings is 1. The number of nitrogens with one attached hydrogen (secondary N) is 1. The summed E-state index contributed by atoms with van der Waals surface area (Å²) in [6.45, 7) is 2.26. The Balaban J connectivity index is 1.19. The Bertz CT molecular complexity index is 1210. The molecule has 0 amide bonds. The van der Waals surface area contributed by atoms with Crippen LogP contribution in [0.1, 0.15) is 55.1 Å². The highest BCUT2D eigenvalue weighted by molar-refractivity contribution is 6.30. The average molecular weight is 517 g/mol. The smallest absolute Gasteiger partial charge is 0.371 e. The molecule has 2 bridgehead atoms. The molecule has 2 fully saturated rings. The molecule has 0 radical (unpaired) electrons. The van der Waals surface area contributed by atoms with Crippen molar-refractivity contribution < 1.29 is 13.2 Å². The fraction of sp³-hybridized carbons (Fsp3) is 0.500. The Hall–Kier alpha value is -2.81. The maximum absolute atomic E-state index is 13.2. The van der Waals surface area contributed by atoms with Crippen LogP contribution in [0.2, 0.25) is 5.02 Å². The number of hydrogen-bond acceptors (Lipinski definition) is 5. The molecule has 6 nitrogen and oxygen atoms in total. The monoisotopic (exact) mass is 516 g/mol. The molecule has 6 rings (SSSR count). The molecule has 4 heterocycles. The summed E-state index contributed by atoms with van der Waals surface area (Å²) in [7, 11) is 0. The summed E-state index contributed by atoms with van der Waals surface area (Å²) in [6.07, 6.45) is 2.10. The van der Waals surface area contributed by atoms with Gasteiger partial charge in [-0.2, -0.15) is 18.2 Å². The van der Waals surface area contributed by atoms with Gasteiger partial charge in [0.05, 0.1) is 0 Å². The third-order valence-electron chi connectivity index (χ3n) is 7.93. The van der Waals surface area contributed by atoms with Crippen molar-refractivity contribution in [2.24, 2.45) is 11.8 Å². The van der Waals surface area contributed by atoms with E-state index in [9.17, 15) is 13.2 Å². The Labute approximate surface area is 212 Å². The summed E-state index contributed by atoms with van der Waals surface area (Å²) in [6, 6.07) is 11.0. The summed E-state index contributed by atoms with van der Waals surface area (Å²) >= 11 is 6.11. The van der Waals surface area contributed by atoms with Crippen molar-refractivity contribution in [1.29, 1.82) is 0 Å². The van der Waals surface area contributed by atoms with Crippen molar-refractivity contribution in [2.45, 2.75) is 56.8 Å². The predicted molar refractivity (Wildman–Crippen MR) is 132 cm³/mol. The molecule has 1 aromatic carbocycles. The molecule has 190 valence electrons. The maximum Gasteiger partial charge on any atom is 0.433 e. The van der Waals surface area contributed by atoms with Crippen LogP contribution < -0.4 is 10.2 Å². The number of rotatable bonds is 4. The number of fused-ring (bicyclic) bond motifs is 3. The van der Waals surface area contributed by atoms with Gasteiger partial charge in [-0.15, -0.1) is 5.10 Å². The molecule has 1 saturated heterocycles. The standard InChI is InChI=1S/C26H28ClF3N6/c27-19-8-6-16(7-9-19)21-3-1-2-12-36-24(21)33-25(34-36)32-23-17-4-5-18(23)15-35(14-17)20-10-11-31-22(13-20)26(28,29)30/h6-11,13,17-18,21,23H,1-5,12,14-15H2,(H,32,34)/t17-,18+,21?,23?. The van der Waals surface area contributed by atoms with Gasteiger partial charge >= 0.3 is 6.18 Å². The lowest BCUT2D eigenvalue weighted by Gasteiger charge is -2.39. The molecule has 2 aliphatic heterocycles. The van der Waals surface area contributed by atoms with Gasteiger partial charge in [-0.05, 0) is 67.3 Å². The summed E-state index contributed by atoms with van der Waals surface area (Å²) < 4.78 is 41.5. The number of nitrogens with zero attached hydrogens (tertiary/aromatic N) is 5. The lowest BCUT2D eigenvalue weighted by molar-refractivity contribution is -0.141. The molecule has 36 heavy (non-hydrogen) atoms. The van der Waals surface area contributed by atoms with E-state index < -0.39 is 11.9 Å². The summed E-state index contributed by atoms with van der Waals surface area (Å²) in [5.41, 5.74) is 0.947. The van der Waals surface area contributed by atoms with Gasteiger partial charge in [0, 0.05) is 48.5 Å². The molecule has 3 aromatic rings. The Morgan fingerprint density at radius 2 is 1.72 bits per heavy atom. The zero-order valence-corrected chi connectivity index (χ0v) is 20.5. The molecule has 3 aliphatic rings. The van der Waals surface area contributed by atoms with Gasteiger partial charge < -0.3 is 10.2 Å². The van der Waals surface area contributed by atoms with Gasteiger partial charge in [0.25, 0.3) is 0 Å². The SMILES string of the molecule is FC(F)(F)c1cc(N2C[C@H]3CC[C@@H](C2)C3Nc2nc3n(n2)CCCCC3c2ccc(Cl)cc2)ccn1. The van der Waals surface area contributed by atoms with E-state index in [0.29, 0.717) is 36.6 Å². The molecule has 1 N–H and O–H groups in total. The van der Waals surface area contributed by atoms with Crippen molar-refractivity contribution in [1.82, 2.24) is 19.7 Å². The van der Waals surface area contributed by atoms with Crippen molar-refractivity contribution in [2.75, 3.05) is 23.3 Å². The number of pyridine rings is 1. The molecular formula is C26H28ClF3N6. The molecule has 10 heteroatoms. The van der Waals surface area contributed by atoms with Crippen molar-refractivity contribution in [3.05, 3.63) is 64.7 Å². The fourth-order valence-electron chi connectivity index (χ4n) is 6.18. The van der Waals surface area contributed by atoms with Gasteiger partial charge in [-0.25, -0.2) is 4.68 Å². The van der Waals surface area contributed by atoms with Gasteiger partial charge in [-0.3, -0.25) is 4.98 Å². The van der Waals surface area contributed by atoms with E-state index in [1.165, 1.54) is 11.8 Å². The minimum atomic E-state index is -4.44. The first-order valence-electron chi connectivity index (χ1n) is 12.6. The Kier molecular flexibility index (Phi) is 6.06. The number of hydrogen-bond donors (Lipinski definition) is 1. The third kappa shape index (κ3) is 4.53. The first kappa shape index (κ1) is 23.6. The number of alkyl halides is 3. The minimum Gasteiger partial charge on any atom is -0.371 e. The molecular weight excluding hydrogens is 489 g/mol. The molecule has 2 aromatic heterocycles. The summed E-state index contributed by atoms with van der Waals surface area (Å²) in [5.74, 6) is 2.46. The van der Waals surface area contributed by atoms with E-state index in [1.807, 2.05) is 16.8 Å². The molecule has 2 unspecified atom stereocenters. The van der Waals surface area contributed by atoms with Crippen LogP contribution in [0.15, 0.2) is 42.6 Å². The van der Waals surface area contributed by atoms with E-state index in [4.69, 9.17) is 21.7 Å². The average Bonchev–Trinajstić information content (AvgIpc) is 3.26. The highest BCUT2D eigenvalue weighted by Crippen LogP contribution is 2.41. The Morgan fingerprint density at radius 3 is 2.44 bits per heavy atom. The van der Waals surface area contributed by atoms with Crippen LogP contribution in [0.5, 0.6) is 0 Å². The van der Waals surface area contributed by atoms with E-state index >= 15 is 0 Å². The second-order valence-corrected chi connectivity index (χ2v) is 10.6. The van der Waals surface area contributed by atoms with E-state index in [1.54, 1.807) is 6.07 Å². The number of piperidine rings is 1. The van der Waals surface area contributed by atoms with Gasteiger partial charge in [0.15, 0.2) is 0 Å². The van der Waals surface area contributed by atoms with Crippen LogP contribution in [0.4, 0.5) is 24.8 Å². The zero-order valence-electron chi connectivity index (χ0n) is 19.8. The molecule has 1 aliphatic carbocycles. The van der Waals surface area contributed by atoms with Gasteiger partial charge in [-0.1, -0.05) is 30.2 Å². The highest BCUT2D eigenvalue weighted by atomic mass is 35.5. The second kappa shape index (κ2) is 9.25. The van der Waals surface area contributed by atoms with Crippen LogP contribution in [-0.4, -0.2) is 38.9 Å². The zero-order chi connectivity index (χ0) is 24.9. The lowest BCUT2D eigenvalue weighted by Crippen LogP contribution is -2.48. The van der Waals surface area contributed by atoms with E-state index in [-0.39, 0.29) is 12.0 Å². The third-order valence-corrected chi connectivity index (χ3v) is 8.18. The van der Waals surface area contributed by atoms with Crippen molar-refractivity contribution in [3.8, 4) is 0 Å². The molecule has 4 atom stereocenters. The van der Waals surface area contributed by atoms with Crippen LogP contribution in [0.3, 0.4) is 0 Å². The van der Waals surface area contributed by atoms with E-state index in [0.717, 1.165) is 55.6 Å².